The SMILES string of the molecule is CC(Nc1ncncc1Br)c1cccc(Cl)c1. The summed E-state index contributed by atoms with van der Waals surface area (Å²) in [6.45, 7) is 2.06. The molecule has 0 saturated heterocycles. The standard InChI is InChI=1S/C12H11BrClN3/c1-8(9-3-2-4-10(14)5-9)17-12-11(13)6-15-7-16-12/h2-8H,1H3,(H,15,16,17). The van der Waals surface area contributed by atoms with Crippen LogP contribution in [0.2, 0.25) is 5.02 Å². The average molecular weight is 313 g/mol. The first-order chi connectivity index (χ1) is 8.16. The molecule has 0 fully saturated rings. The molecule has 0 radical (unpaired) electrons. The number of nitrogens with one attached hydrogen (secondary N) is 1. The molecule has 0 aliphatic carbocycles. The van der Waals surface area contributed by atoms with Gasteiger partial charge in [0.1, 0.15) is 12.1 Å². The van der Waals surface area contributed by atoms with Crippen molar-refractivity contribution in [2.75, 3.05) is 5.32 Å². The van der Waals surface area contributed by atoms with Crippen molar-refractivity contribution in [2.24, 2.45) is 0 Å². The van der Waals surface area contributed by atoms with E-state index in [1.807, 2.05) is 24.3 Å². The lowest BCUT2D eigenvalue weighted by molar-refractivity contribution is 0.870. The second-order valence-corrected chi connectivity index (χ2v) is 4.93. The Morgan fingerprint density at radius 3 is 2.94 bits per heavy atom. The molecule has 1 atom stereocenters. The topological polar surface area (TPSA) is 37.8 Å². The van der Waals surface area contributed by atoms with E-state index in [9.17, 15) is 0 Å². The van der Waals surface area contributed by atoms with Gasteiger partial charge in [-0.05, 0) is 40.5 Å². The lowest BCUT2D eigenvalue weighted by Gasteiger charge is -2.15. The van der Waals surface area contributed by atoms with Gasteiger partial charge in [-0.2, -0.15) is 0 Å². The van der Waals surface area contributed by atoms with Crippen molar-refractivity contribution in [2.45, 2.75) is 13.0 Å². The molecule has 17 heavy (non-hydrogen) atoms. The number of anilines is 1. The van der Waals surface area contributed by atoms with Gasteiger partial charge in [-0.25, -0.2) is 9.97 Å². The normalized spacial score (nSPS) is 12.2. The van der Waals surface area contributed by atoms with E-state index in [0.29, 0.717) is 0 Å². The van der Waals surface area contributed by atoms with E-state index in [2.05, 4.69) is 38.1 Å². The van der Waals surface area contributed by atoms with Crippen LogP contribution in [0, 0.1) is 0 Å². The third-order valence-electron chi connectivity index (χ3n) is 2.37. The van der Waals surface area contributed by atoms with Crippen molar-refractivity contribution in [1.29, 1.82) is 0 Å². The zero-order valence-electron chi connectivity index (χ0n) is 9.19. The lowest BCUT2D eigenvalue weighted by Crippen LogP contribution is -2.08. The quantitative estimate of drug-likeness (QED) is 0.928. The lowest BCUT2D eigenvalue weighted by atomic mass is 10.1. The van der Waals surface area contributed by atoms with E-state index in [-0.39, 0.29) is 6.04 Å². The molecule has 1 N–H and O–H groups in total. The molecule has 5 heteroatoms. The van der Waals surface area contributed by atoms with Crippen LogP contribution in [0.5, 0.6) is 0 Å². The smallest absolute Gasteiger partial charge is 0.144 e. The highest BCUT2D eigenvalue weighted by molar-refractivity contribution is 9.10. The second-order valence-electron chi connectivity index (χ2n) is 3.64. The summed E-state index contributed by atoms with van der Waals surface area (Å²) in [7, 11) is 0. The number of benzene rings is 1. The molecule has 0 spiro atoms. The van der Waals surface area contributed by atoms with E-state index in [0.717, 1.165) is 20.9 Å². The minimum Gasteiger partial charge on any atom is -0.363 e. The Labute approximate surface area is 113 Å². The Morgan fingerprint density at radius 2 is 2.24 bits per heavy atom. The molecule has 0 aliphatic heterocycles. The molecule has 88 valence electrons. The van der Waals surface area contributed by atoms with Crippen LogP contribution in [0.3, 0.4) is 0 Å². The molecular weight excluding hydrogens is 302 g/mol. The molecule has 2 rings (SSSR count). The summed E-state index contributed by atoms with van der Waals surface area (Å²) in [4.78, 5) is 8.08. The highest BCUT2D eigenvalue weighted by atomic mass is 79.9. The summed E-state index contributed by atoms with van der Waals surface area (Å²) in [6.07, 6.45) is 3.22. The number of aromatic nitrogens is 2. The highest BCUT2D eigenvalue weighted by Gasteiger charge is 2.08. The average Bonchev–Trinajstić information content (AvgIpc) is 2.32. The minimum atomic E-state index is 0.125. The van der Waals surface area contributed by atoms with Crippen molar-refractivity contribution in [3.05, 3.63) is 51.8 Å². The predicted octanol–water partition coefficient (Wildman–Crippen LogP) is 4.07. The summed E-state index contributed by atoms with van der Waals surface area (Å²) < 4.78 is 0.842. The van der Waals surface area contributed by atoms with Gasteiger partial charge in [0.2, 0.25) is 0 Å². The maximum atomic E-state index is 5.96. The van der Waals surface area contributed by atoms with Crippen molar-refractivity contribution < 1.29 is 0 Å². The molecule has 0 saturated carbocycles. The second kappa shape index (κ2) is 5.47. The Bertz CT molecular complexity index is 519. The maximum Gasteiger partial charge on any atom is 0.144 e. The fraction of sp³-hybridized carbons (Fsp3) is 0.167. The zero-order chi connectivity index (χ0) is 12.3. The first-order valence-corrected chi connectivity index (χ1v) is 6.31. The van der Waals surface area contributed by atoms with Crippen molar-refractivity contribution >= 4 is 33.3 Å². The summed E-state index contributed by atoms with van der Waals surface area (Å²) in [5.74, 6) is 0.771. The Hall–Kier alpha value is -1.13. The van der Waals surface area contributed by atoms with E-state index in [1.165, 1.54) is 6.33 Å². The monoisotopic (exact) mass is 311 g/mol. The van der Waals surface area contributed by atoms with Gasteiger partial charge in [0.25, 0.3) is 0 Å². The Kier molecular flexibility index (Phi) is 3.97. The fourth-order valence-electron chi connectivity index (χ4n) is 1.48. The third kappa shape index (κ3) is 3.17. The van der Waals surface area contributed by atoms with Gasteiger partial charge >= 0.3 is 0 Å². The van der Waals surface area contributed by atoms with Crippen molar-refractivity contribution in [1.82, 2.24) is 9.97 Å². The molecule has 3 nitrogen and oxygen atoms in total. The van der Waals surface area contributed by atoms with E-state index in [4.69, 9.17) is 11.6 Å². The third-order valence-corrected chi connectivity index (χ3v) is 3.18. The van der Waals surface area contributed by atoms with Crippen LogP contribution in [0.25, 0.3) is 0 Å². The minimum absolute atomic E-state index is 0.125. The van der Waals surface area contributed by atoms with E-state index in [1.54, 1.807) is 6.20 Å². The molecule has 0 amide bonds. The first-order valence-electron chi connectivity index (χ1n) is 5.14. The Balaban J connectivity index is 2.17. The summed E-state index contributed by atoms with van der Waals surface area (Å²) in [6, 6.07) is 7.89. The van der Waals surface area contributed by atoms with Crippen LogP contribution >= 0.6 is 27.5 Å². The predicted molar refractivity (Wildman–Crippen MR) is 73.2 cm³/mol. The fourth-order valence-corrected chi connectivity index (χ4v) is 2.02. The molecule has 0 aliphatic rings. The molecule has 0 bridgehead atoms. The van der Waals surface area contributed by atoms with Gasteiger partial charge in [-0.1, -0.05) is 23.7 Å². The molecule has 1 heterocycles. The number of nitrogens with zero attached hydrogens (tertiary/aromatic N) is 2. The largest absolute Gasteiger partial charge is 0.363 e. The number of hydrogen-bond donors (Lipinski definition) is 1. The first kappa shape index (κ1) is 12.3. The van der Waals surface area contributed by atoms with Gasteiger partial charge in [0.15, 0.2) is 0 Å². The molecule has 1 aromatic heterocycles. The zero-order valence-corrected chi connectivity index (χ0v) is 11.5. The van der Waals surface area contributed by atoms with Crippen LogP contribution in [0.4, 0.5) is 5.82 Å². The van der Waals surface area contributed by atoms with Gasteiger partial charge in [0, 0.05) is 11.2 Å². The van der Waals surface area contributed by atoms with Crippen LogP contribution < -0.4 is 5.32 Å². The Morgan fingerprint density at radius 1 is 1.41 bits per heavy atom. The van der Waals surface area contributed by atoms with Gasteiger partial charge in [0.05, 0.1) is 10.5 Å². The molecular formula is C12H11BrClN3. The number of hydrogen-bond acceptors (Lipinski definition) is 3. The van der Waals surface area contributed by atoms with Gasteiger partial charge in [-0.15, -0.1) is 0 Å². The summed E-state index contributed by atoms with van der Waals surface area (Å²) >= 11 is 9.36. The van der Waals surface area contributed by atoms with Crippen molar-refractivity contribution in [3.63, 3.8) is 0 Å². The van der Waals surface area contributed by atoms with Gasteiger partial charge in [-0.3, -0.25) is 0 Å². The molecule has 1 unspecified atom stereocenters. The maximum absolute atomic E-state index is 5.96. The molecule has 1 aromatic carbocycles. The molecule has 2 aromatic rings. The summed E-state index contributed by atoms with van der Waals surface area (Å²) in [5.41, 5.74) is 1.11. The van der Waals surface area contributed by atoms with Gasteiger partial charge < -0.3 is 5.32 Å². The van der Waals surface area contributed by atoms with Crippen LogP contribution in [0.15, 0.2) is 41.3 Å². The van der Waals surface area contributed by atoms with Crippen LogP contribution in [-0.4, -0.2) is 9.97 Å². The summed E-state index contributed by atoms with van der Waals surface area (Å²) in [5, 5.41) is 4.03. The van der Waals surface area contributed by atoms with Crippen LogP contribution in [-0.2, 0) is 0 Å². The number of halogens is 2. The number of rotatable bonds is 3. The van der Waals surface area contributed by atoms with Crippen molar-refractivity contribution in [3.8, 4) is 0 Å². The highest BCUT2D eigenvalue weighted by Crippen LogP contribution is 2.24. The van der Waals surface area contributed by atoms with Crippen LogP contribution in [0.1, 0.15) is 18.5 Å². The van der Waals surface area contributed by atoms with E-state index < -0.39 is 0 Å². The van der Waals surface area contributed by atoms with E-state index >= 15 is 0 Å².